The Morgan fingerprint density at radius 3 is 1.35 bits per heavy atom. The molecule has 7 heteroatoms. The van der Waals surface area contributed by atoms with Crippen LogP contribution >= 0.6 is 0 Å². The van der Waals surface area contributed by atoms with Crippen LogP contribution in [-0.2, 0) is 32.8 Å². The molecule has 6 aromatic rings. The first kappa shape index (κ1) is 34.2. The van der Waals surface area contributed by atoms with Crippen LogP contribution in [0.4, 0.5) is 0 Å². The van der Waals surface area contributed by atoms with Crippen molar-refractivity contribution in [2.75, 3.05) is 20.8 Å². The summed E-state index contributed by atoms with van der Waals surface area (Å²) < 4.78 is 38.2. The molecule has 52 heavy (non-hydrogen) atoms. The zero-order chi connectivity index (χ0) is 35.5. The monoisotopic (exact) mass is 691 g/mol. The predicted molar refractivity (Wildman–Crippen MR) is 203 cm³/mol. The predicted octanol–water partition coefficient (Wildman–Crippen LogP) is 9.41. The van der Waals surface area contributed by atoms with Crippen molar-refractivity contribution in [2.24, 2.45) is 4.99 Å². The molecule has 6 aromatic carbocycles. The van der Waals surface area contributed by atoms with Crippen LogP contribution in [0.15, 0.2) is 145 Å². The van der Waals surface area contributed by atoms with Gasteiger partial charge in [0.1, 0.15) is 26.4 Å². The third-order valence-electron chi connectivity index (χ3n) is 8.82. The Hall–Kier alpha value is -6.21. The van der Waals surface area contributed by atoms with Crippen molar-refractivity contribution in [3.05, 3.63) is 178 Å². The fourth-order valence-corrected chi connectivity index (χ4v) is 6.21. The van der Waals surface area contributed by atoms with E-state index in [-0.39, 0.29) is 0 Å². The molecule has 7 rings (SSSR count). The summed E-state index contributed by atoms with van der Waals surface area (Å²) in [5.41, 5.74) is 7.57. The van der Waals surface area contributed by atoms with E-state index in [0.29, 0.717) is 67.5 Å². The van der Waals surface area contributed by atoms with E-state index in [9.17, 15) is 0 Å². The summed E-state index contributed by atoms with van der Waals surface area (Å²) in [6.45, 7) is 1.95. The number of benzene rings is 6. The van der Waals surface area contributed by atoms with Crippen molar-refractivity contribution in [3.63, 3.8) is 0 Å². The summed E-state index contributed by atoms with van der Waals surface area (Å²) in [6, 6.07) is 46.3. The molecule has 0 atom stereocenters. The van der Waals surface area contributed by atoms with Crippen molar-refractivity contribution >= 4 is 5.71 Å². The fraction of sp³-hybridized carbons (Fsp3) is 0.178. The molecule has 262 valence electrons. The van der Waals surface area contributed by atoms with Crippen LogP contribution in [0.25, 0.3) is 0 Å². The van der Waals surface area contributed by atoms with Gasteiger partial charge in [-0.3, -0.25) is 4.99 Å². The Balaban J connectivity index is 1.33. The van der Waals surface area contributed by atoms with Gasteiger partial charge in [-0.1, -0.05) is 121 Å². The first-order chi connectivity index (χ1) is 25.7. The van der Waals surface area contributed by atoms with Crippen LogP contribution in [0.5, 0.6) is 34.5 Å². The summed E-state index contributed by atoms with van der Waals surface area (Å²) in [7, 11) is 3.30. The van der Waals surface area contributed by atoms with Crippen LogP contribution in [0.1, 0.15) is 38.9 Å². The van der Waals surface area contributed by atoms with Gasteiger partial charge < -0.3 is 28.4 Å². The van der Waals surface area contributed by atoms with Gasteiger partial charge in [0, 0.05) is 17.7 Å². The summed E-state index contributed by atoms with van der Waals surface area (Å²) in [5.74, 6) is 3.30. The number of fused-ring (bicyclic) bond motifs is 1. The smallest absolute Gasteiger partial charge is 0.204 e. The van der Waals surface area contributed by atoms with E-state index in [1.54, 1.807) is 14.2 Å². The molecule has 0 unspecified atom stereocenters. The maximum atomic E-state index is 6.59. The number of aliphatic imine (C=N–C) groups is 1. The Morgan fingerprint density at radius 1 is 0.462 bits per heavy atom. The first-order valence-corrected chi connectivity index (χ1v) is 17.4. The minimum atomic E-state index is 0.336. The highest BCUT2D eigenvalue weighted by atomic mass is 16.5. The van der Waals surface area contributed by atoms with E-state index in [2.05, 4.69) is 0 Å². The van der Waals surface area contributed by atoms with Crippen molar-refractivity contribution in [1.29, 1.82) is 0 Å². The van der Waals surface area contributed by atoms with Gasteiger partial charge in [0.2, 0.25) is 11.5 Å². The van der Waals surface area contributed by atoms with Gasteiger partial charge in [-0.05, 0) is 52.4 Å². The second-order valence-corrected chi connectivity index (χ2v) is 12.4. The average Bonchev–Trinajstić information content (AvgIpc) is 3.21. The molecule has 0 spiro atoms. The van der Waals surface area contributed by atoms with Crippen LogP contribution < -0.4 is 28.4 Å². The molecule has 0 fully saturated rings. The molecule has 0 aliphatic carbocycles. The molecule has 0 aromatic heterocycles. The molecule has 0 bridgehead atoms. The van der Waals surface area contributed by atoms with Gasteiger partial charge in [-0.15, -0.1) is 0 Å². The van der Waals surface area contributed by atoms with Crippen LogP contribution in [-0.4, -0.2) is 26.5 Å². The quantitative estimate of drug-likeness (QED) is 0.107. The molecular weight excluding hydrogens is 650 g/mol. The van der Waals surface area contributed by atoms with E-state index < -0.39 is 0 Å². The lowest BCUT2D eigenvalue weighted by Gasteiger charge is -2.25. The maximum Gasteiger partial charge on any atom is 0.204 e. The molecule has 1 aliphatic rings. The molecular formula is C45H41NO6. The zero-order valence-electron chi connectivity index (χ0n) is 29.4. The van der Waals surface area contributed by atoms with E-state index in [1.165, 1.54) is 0 Å². The number of methoxy groups -OCH3 is 2. The van der Waals surface area contributed by atoms with E-state index in [4.69, 9.17) is 33.4 Å². The van der Waals surface area contributed by atoms with Crippen LogP contribution in [0, 0.1) is 0 Å². The molecule has 0 radical (unpaired) electrons. The molecule has 1 aliphatic heterocycles. The van der Waals surface area contributed by atoms with E-state index in [0.717, 1.165) is 51.1 Å². The van der Waals surface area contributed by atoms with E-state index in [1.807, 2.05) is 140 Å². The minimum Gasteiger partial charge on any atom is -0.493 e. The molecule has 7 nitrogen and oxygen atoms in total. The Bertz CT molecular complexity index is 2040. The van der Waals surface area contributed by atoms with E-state index >= 15 is 0 Å². The minimum absolute atomic E-state index is 0.336. The van der Waals surface area contributed by atoms with Crippen molar-refractivity contribution in [1.82, 2.24) is 0 Å². The van der Waals surface area contributed by atoms with Gasteiger partial charge >= 0.3 is 0 Å². The van der Waals surface area contributed by atoms with Gasteiger partial charge in [-0.2, -0.15) is 0 Å². The molecule has 0 saturated heterocycles. The summed E-state index contributed by atoms with van der Waals surface area (Å²) in [4.78, 5) is 5.09. The normalized spacial score (nSPS) is 11.9. The number of rotatable bonds is 15. The average molecular weight is 692 g/mol. The number of ether oxygens (including phenoxy) is 6. The largest absolute Gasteiger partial charge is 0.493 e. The third kappa shape index (κ3) is 8.05. The Labute approximate surface area is 305 Å². The highest BCUT2D eigenvalue weighted by molar-refractivity contribution is 6.17. The number of hydrogen-bond donors (Lipinski definition) is 0. The molecule has 1 heterocycles. The lowest BCUT2D eigenvalue weighted by atomic mass is 9.91. The molecule has 0 N–H and O–H groups in total. The highest BCUT2D eigenvalue weighted by Gasteiger charge is 2.29. The summed E-state index contributed by atoms with van der Waals surface area (Å²) >= 11 is 0. The van der Waals surface area contributed by atoms with Crippen molar-refractivity contribution in [2.45, 2.75) is 32.8 Å². The fourth-order valence-electron chi connectivity index (χ4n) is 6.21. The van der Waals surface area contributed by atoms with Crippen molar-refractivity contribution in [3.8, 4) is 34.5 Å². The zero-order valence-corrected chi connectivity index (χ0v) is 29.4. The second-order valence-electron chi connectivity index (χ2n) is 12.4. The van der Waals surface area contributed by atoms with Gasteiger partial charge in [0.05, 0.1) is 19.9 Å². The first-order valence-electron chi connectivity index (χ1n) is 17.4. The van der Waals surface area contributed by atoms with Crippen LogP contribution in [0.3, 0.4) is 0 Å². The lowest BCUT2D eigenvalue weighted by Crippen LogP contribution is -2.17. The Kier molecular flexibility index (Phi) is 11.0. The standard InChI is InChI=1S/C45H41NO6/c1-47-38-25-36-23-24-46-42(41(36)45(48-2)44(38)52-31-35-21-13-6-14-22-35)37-26-39(49-28-32-15-7-3-8-16-32)43(51-30-34-19-11-5-12-20-34)40(27-37)50-29-33-17-9-4-10-18-33/h3-22,25-27H,23-24,28-31H2,1-2H3. The van der Waals surface area contributed by atoms with Gasteiger partial charge in [-0.25, -0.2) is 0 Å². The number of nitrogens with zero attached hydrogens (tertiary/aromatic N) is 1. The molecule has 0 saturated carbocycles. The lowest BCUT2D eigenvalue weighted by molar-refractivity contribution is 0.230. The summed E-state index contributed by atoms with van der Waals surface area (Å²) in [5, 5.41) is 0. The molecule has 0 amide bonds. The van der Waals surface area contributed by atoms with Crippen molar-refractivity contribution < 1.29 is 28.4 Å². The van der Waals surface area contributed by atoms with Crippen LogP contribution in [0.2, 0.25) is 0 Å². The van der Waals surface area contributed by atoms with Gasteiger partial charge in [0.15, 0.2) is 23.0 Å². The Morgan fingerprint density at radius 2 is 0.904 bits per heavy atom. The topological polar surface area (TPSA) is 67.7 Å². The SMILES string of the molecule is COc1cc2c(c(OC)c1OCc1ccccc1)C(c1cc(OCc3ccccc3)c(OCc3ccccc3)c(OCc3ccccc3)c1)=NCC2. The maximum absolute atomic E-state index is 6.59. The second kappa shape index (κ2) is 16.7. The highest BCUT2D eigenvalue weighted by Crippen LogP contribution is 2.47. The van der Waals surface area contributed by atoms with Gasteiger partial charge in [0.25, 0.3) is 0 Å². The summed E-state index contributed by atoms with van der Waals surface area (Å²) in [6.07, 6.45) is 0.720. The number of hydrogen-bond acceptors (Lipinski definition) is 7. The third-order valence-corrected chi connectivity index (χ3v) is 8.82.